The Hall–Kier alpha value is -3.31. The highest BCUT2D eigenvalue weighted by Gasteiger charge is 2.16. The summed E-state index contributed by atoms with van der Waals surface area (Å²) in [5, 5.41) is 9.72. The van der Waals surface area contributed by atoms with Crippen LogP contribution >= 0.6 is 50.7 Å². The summed E-state index contributed by atoms with van der Waals surface area (Å²) in [4.78, 5) is 36.5. The number of benzene rings is 3. The van der Waals surface area contributed by atoms with Crippen LogP contribution in [-0.4, -0.2) is 37.7 Å². The van der Waals surface area contributed by atoms with Gasteiger partial charge < -0.3 is 20.1 Å². The normalized spacial score (nSPS) is 10.7. The van der Waals surface area contributed by atoms with E-state index in [1.165, 1.54) is 19.4 Å². The van der Waals surface area contributed by atoms with E-state index in [1.807, 2.05) is 6.92 Å². The number of amides is 3. The number of hydrogen-bond donors (Lipinski definition) is 3. The first-order chi connectivity index (χ1) is 18.1. The van der Waals surface area contributed by atoms with Crippen molar-refractivity contribution in [3.63, 3.8) is 0 Å². The Morgan fingerprint density at radius 1 is 1.00 bits per heavy atom. The first-order valence-electron chi connectivity index (χ1n) is 10.7. The number of nitrogens with zero attached hydrogens (tertiary/aromatic N) is 1. The molecule has 0 saturated heterocycles. The van der Waals surface area contributed by atoms with Gasteiger partial charge in [-0.25, -0.2) is 5.43 Å². The first kappa shape index (κ1) is 29.2. The van der Waals surface area contributed by atoms with Crippen LogP contribution in [0.1, 0.15) is 11.1 Å². The van der Waals surface area contributed by atoms with Crippen LogP contribution in [0.4, 0.5) is 11.4 Å². The van der Waals surface area contributed by atoms with Crippen molar-refractivity contribution in [3.8, 4) is 11.5 Å². The molecule has 3 aromatic carbocycles. The quantitative estimate of drug-likeness (QED) is 0.162. The van der Waals surface area contributed by atoms with E-state index in [9.17, 15) is 14.4 Å². The Balaban J connectivity index is 1.59. The second-order valence-corrected chi connectivity index (χ2v) is 9.64. The average Bonchev–Trinajstić information content (AvgIpc) is 2.87. The number of rotatable bonds is 8. The third kappa shape index (κ3) is 7.84. The Bertz CT molecular complexity index is 1420. The number of methoxy groups -OCH3 is 1. The summed E-state index contributed by atoms with van der Waals surface area (Å²) in [7, 11) is 1.43. The van der Waals surface area contributed by atoms with Crippen LogP contribution < -0.4 is 25.5 Å². The molecule has 38 heavy (non-hydrogen) atoms. The number of anilines is 2. The molecule has 0 radical (unpaired) electrons. The molecule has 0 fully saturated rings. The lowest BCUT2D eigenvalue weighted by molar-refractivity contribution is -0.136. The summed E-state index contributed by atoms with van der Waals surface area (Å²) in [5.74, 6) is -1.83. The fourth-order valence-electron chi connectivity index (χ4n) is 2.96. The number of carbonyl (C=O) groups excluding carboxylic acids is 3. The van der Waals surface area contributed by atoms with E-state index in [0.29, 0.717) is 26.5 Å². The molecule has 0 spiro atoms. The van der Waals surface area contributed by atoms with Crippen LogP contribution in [-0.2, 0) is 14.4 Å². The van der Waals surface area contributed by atoms with Crippen LogP contribution in [0.3, 0.4) is 0 Å². The van der Waals surface area contributed by atoms with Gasteiger partial charge in [0.1, 0.15) is 0 Å². The van der Waals surface area contributed by atoms with Crippen molar-refractivity contribution in [3.05, 3.63) is 79.2 Å². The molecule has 3 rings (SSSR count). The molecule has 0 aliphatic rings. The predicted molar refractivity (Wildman–Crippen MR) is 152 cm³/mol. The zero-order valence-corrected chi connectivity index (χ0v) is 23.8. The summed E-state index contributed by atoms with van der Waals surface area (Å²) in [5.41, 5.74) is 4.23. The van der Waals surface area contributed by atoms with Crippen LogP contribution in [0.25, 0.3) is 0 Å². The predicted octanol–water partition coefficient (Wildman–Crippen LogP) is 5.83. The van der Waals surface area contributed by atoms with E-state index in [2.05, 4.69) is 37.1 Å². The summed E-state index contributed by atoms with van der Waals surface area (Å²) in [6.07, 6.45) is 1.29. The molecule has 3 amide bonds. The van der Waals surface area contributed by atoms with Gasteiger partial charge in [-0.2, -0.15) is 5.10 Å². The minimum Gasteiger partial charge on any atom is -0.493 e. The van der Waals surface area contributed by atoms with E-state index < -0.39 is 17.7 Å². The van der Waals surface area contributed by atoms with Crippen LogP contribution in [0, 0.1) is 6.92 Å². The zero-order chi connectivity index (χ0) is 27.8. The van der Waals surface area contributed by atoms with Gasteiger partial charge in [0.2, 0.25) is 0 Å². The zero-order valence-electron chi connectivity index (χ0n) is 19.9. The molecule has 13 heteroatoms. The minimum atomic E-state index is -1.02. The fourth-order valence-corrected chi connectivity index (χ4v) is 4.06. The van der Waals surface area contributed by atoms with Crippen molar-refractivity contribution in [2.45, 2.75) is 6.92 Å². The molecule has 0 atom stereocenters. The molecule has 0 heterocycles. The maximum absolute atomic E-state index is 12.3. The Labute approximate surface area is 241 Å². The van der Waals surface area contributed by atoms with Crippen molar-refractivity contribution < 1.29 is 23.9 Å². The number of carbonyl (C=O) groups is 3. The van der Waals surface area contributed by atoms with Crippen molar-refractivity contribution in [2.24, 2.45) is 5.10 Å². The number of hydrogen-bond acceptors (Lipinski definition) is 6. The number of aryl methyl sites for hydroxylation is 1. The lowest BCUT2D eigenvalue weighted by Gasteiger charge is -2.13. The highest BCUT2D eigenvalue weighted by Crippen LogP contribution is 2.36. The SMILES string of the molecule is COc1cc(/C=N\NC(=O)C(=O)Nc2cccc(Cl)c2Cl)cc(Br)c1OCC(=O)Nc1ccc(C)c(Cl)c1. The van der Waals surface area contributed by atoms with Gasteiger partial charge in [0.05, 0.1) is 33.5 Å². The molecule has 3 aromatic rings. The van der Waals surface area contributed by atoms with Crippen LogP contribution in [0.5, 0.6) is 11.5 Å². The van der Waals surface area contributed by atoms with E-state index in [1.54, 1.807) is 42.5 Å². The molecule has 198 valence electrons. The number of ether oxygens (including phenoxy) is 2. The molecule has 0 aliphatic heterocycles. The number of halogens is 4. The molecule has 0 unspecified atom stereocenters. The van der Waals surface area contributed by atoms with E-state index in [-0.39, 0.29) is 28.1 Å². The Kier molecular flexibility index (Phi) is 10.4. The molecule has 0 saturated carbocycles. The van der Waals surface area contributed by atoms with Gasteiger partial charge in [0.25, 0.3) is 5.91 Å². The highest BCUT2D eigenvalue weighted by molar-refractivity contribution is 9.10. The monoisotopic (exact) mass is 640 g/mol. The molecular formula is C25H20BrCl3N4O5. The second kappa shape index (κ2) is 13.5. The molecular weight excluding hydrogens is 623 g/mol. The standard InChI is InChI=1S/C25H20BrCl3N4O5/c1-13-6-7-15(10-18(13)28)31-21(34)12-38-23-16(26)8-14(9-20(23)37-2)11-30-33-25(36)24(35)32-19-5-3-4-17(27)22(19)29/h3-11H,12H2,1-2H3,(H,31,34)(H,32,35)(H,33,36)/b30-11-. The van der Waals surface area contributed by atoms with Crippen molar-refractivity contribution in [2.75, 3.05) is 24.4 Å². The van der Waals surface area contributed by atoms with Crippen LogP contribution in [0.15, 0.2) is 58.1 Å². The smallest absolute Gasteiger partial charge is 0.329 e. The van der Waals surface area contributed by atoms with E-state index in [0.717, 1.165) is 5.56 Å². The van der Waals surface area contributed by atoms with E-state index >= 15 is 0 Å². The van der Waals surface area contributed by atoms with Gasteiger partial charge in [0, 0.05) is 10.7 Å². The molecule has 0 bridgehead atoms. The lowest BCUT2D eigenvalue weighted by Crippen LogP contribution is -2.32. The van der Waals surface area contributed by atoms with Crippen molar-refractivity contribution in [1.29, 1.82) is 0 Å². The summed E-state index contributed by atoms with van der Waals surface area (Å²) >= 11 is 21.4. The Morgan fingerprint density at radius 2 is 1.76 bits per heavy atom. The minimum absolute atomic E-state index is 0.107. The van der Waals surface area contributed by atoms with Gasteiger partial charge in [-0.15, -0.1) is 0 Å². The van der Waals surface area contributed by atoms with E-state index in [4.69, 9.17) is 44.3 Å². The third-order valence-corrected chi connectivity index (χ3v) is 6.66. The number of hydrazone groups is 1. The van der Waals surface area contributed by atoms with Gasteiger partial charge in [-0.3, -0.25) is 14.4 Å². The molecule has 0 aromatic heterocycles. The average molecular weight is 643 g/mol. The Morgan fingerprint density at radius 3 is 2.47 bits per heavy atom. The maximum Gasteiger partial charge on any atom is 0.329 e. The fraction of sp³-hybridized carbons (Fsp3) is 0.120. The highest BCUT2D eigenvalue weighted by atomic mass is 79.9. The van der Waals surface area contributed by atoms with Gasteiger partial charge in [-0.1, -0.05) is 46.9 Å². The second-order valence-electron chi connectivity index (χ2n) is 7.59. The molecule has 0 aliphatic carbocycles. The van der Waals surface area contributed by atoms with Crippen molar-refractivity contribution in [1.82, 2.24) is 5.43 Å². The lowest BCUT2D eigenvalue weighted by atomic mass is 10.2. The summed E-state index contributed by atoms with van der Waals surface area (Å²) in [6.45, 7) is 1.56. The summed E-state index contributed by atoms with van der Waals surface area (Å²) in [6, 6.07) is 13.0. The third-order valence-electron chi connectivity index (χ3n) is 4.84. The number of nitrogens with one attached hydrogen (secondary N) is 3. The van der Waals surface area contributed by atoms with Crippen LogP contribution in [0.2, 0.25) is 15.1 Å². The summed E-state index contributed by atoms with van der Waals surface area (Å²) < 4.78 is 11.5. The largest absolute Gasteiger partial charge is 0.493 e. The topological polar surface area (TPSA) is 118 Å². The van der Waals surface area contributed by atoms with Gasteiger partial charge in [0.15, 0.2) is 18.1 Å². The first-order valence-corrected chi connectivity index (χ1v) is 12.7. The molecule has 9 nitrogen and oxygen atoms in total. The van der Waals surface area contributed by atoms with Gasteiger partial charge >= 0.3 is 11.8 Å². The molecule has 3 N–H and O–H groups in total. The van der Waals surface area contributed by atoms with Crippen molar-refractivity contribution >= 4 is 86.0 Å². The van der Waals surface area contributed by atoms with Gasteiger partial charge in [-0.05, 0) is 70.4 Å². The maximum atomic E-state index is 12.3.